The van der Waals surface area contributed by atoms with Gasteiger partial charge in [0.1, 0.15) is 5.82 Å². The Morgan fingerprint density at radius 2 is 1.67 bits per heavy atom. The second-order valence-corrected chi connectivity index (χ2v) is 7.41. The Morgan fingerprint density at radius 1 is 1.04 bits per heavy atom. The Kier molecular flexibility index (Phi) is 6.17. The van der Waals surface area contributed by atoms with Crippen molar-refractivity contribution in [2.24, 2.45) is 0 Å². The maximum absolute atomic E-state index is 13.6. The minimum atomic E-state index is -3.74. The molecule has 1 amide bonds. The molecule has 0 unspecified atom stereocenters. The Hall–Kier alpha value is -1.67. The van der Waals surface area contributed by atoms with E-state index in [-0.39, 0.29) is 28.6 Å². The number of carbonyl (C=O) groups excluding carboxylic acids is 1. The monoisotopic (exact) mass is 390 g/mol. The van der Waals surface area contributed by atoms with Crippen molar-refractivity contribution in [3.05, 3.63) is 58.3 Å². The number of halogens is 3. The molecule has 0 atom stereocenters. The highest BCUT2D eigenvalue weighted by Crippen LogP contribution is 2.19. The summed E-state index contributed by atoms with van der Waals surface area (Å²) in [6.45, 7) is -0.133. The zero-order valence-corrected chi connectivity index (χ0v) is 14.6. The van der Waals surface area contributed by atoms with Crippen molar-refractivity contribution in [3.8, 4) is 0 Å². The SMILES string of the molecule is O=C(CCNS(=O)(=O)c1ccc(Cl)cc1)Nc1ccc(Cl)cc1F. The standard InChI is InChI=1S/C15H13Cl2FN2O3S/c16-10-1-4-12(5-2-10)24(22,23)19-8-7-15(21)20-14-6-3-11(17)9-13(14)18/h1-6,9,19H,7-8H2,(H,20,21). The van der Waals surface area contributed by atoms with Gasteiger partial charge >= 0.3 is 0 Å². The number of carbonyl (C=O) groups is 1. The molecule has 0 heterocycles. The van der Waals surface area contributed by atoms with E-state index in [1.165, 1.54) is 36.4 Å². The third-order valence-electron chi connectivity index (χ3n) is 2.97. The number of hydrogen-bond acceptors (Lipinski definition) is 3. The molecule has 0 aliphatic rings. The molecule has 0 spiro atoms. The van der Waals surface area contributed by atoms with Crippen molar-refractivity contribution >= 4 is 44.8 Å². The lowest BCUT2D eigenvalue weighted by Gasteiger charge is -2.08. The number of hydrogen-bond donors (Lipinski definition) is 2. The van der Waals surface area contributed by atoms with Gasteiger partial charge in [-0.15, -0.1) is 0 Å². The summed E-state index contributed by atoms with van der Waals surface area (Å²) in [5, 5.41) is 2.97. The molecule has 0 bridgehead atoms. The number of sulfonamides is 1. The predicted octanol–water partition coefficient (Wildman–Crippen LogP) is 3.44. The van der Waals surface area contributed by atoms with E-state index < -0.39 is 21.7 Å². The first kappa shape index (κ1) is 18.7. The predicted molar refractivity (Wildman–Crippen MR) is 91.3 cm³/mol. The number of amides is 1. The minimum absolute atomic E-state index is 0.0232. The lowest BCUT2D eigenvalue weighted by Crippen LogP contribution is -2.28. The molecule has 2 aromatic rings. The molecule has 0 saturated carbocycles. The molecule has 0 saturated heterocycles. The van der Waals surface area contributed by atoms with Gasteiger partial charge in [-0.3, -0.25) is 4.79 Å². The zero-order chi connectivity index (χ0) is 17.7. The third kappa shape index (κ3) is 5.17. The van der Waals surface area contributed by atoms with E-state index in [0.29, 0.717) is 5.02 Å². The highest BCUT2D eigenvalue weighted by molar-refractivity contribution is 7.89. The first-order valence-electron chi connectivity index (χ1n) is 6.78. The molecule has 0 radical (unpaired) electrons. The van der Waals surface area contributed by atoms with Crippen LogP contribution in [0.15, 0.2) is 47.4 Å². The van der Waals surface area contributed by atoms with Crippen LogP contribution in [-0.4, -0.2) is 20.9 Å². The van der Waals surface area contributed by atoms with Gasteiger partial charge in [0.25, 0.3) is 0 Å². The molecule has 0 fully saturated rings. The van der Waals surface area contributed by atoms with Crippen LogP contribution in [0.1, 0.15) is 6.42 Å². The fourth-order valence-corrected chi connectivity index (χ4v) is 3.12. The van der Waals surface area contributed by atoms with Crippen LogP contribution in [0.2, 0.25) is 10.0 Å². The first-order valence-corrected chi connectivity index (χ1v) is 9.02. The van der Waals surface area contributed by atoms with Crippen LogP contribution < -0.4 is 10.0 Å². The molecule has 24 heavy (non-hydrogen) atoms. The van der Waals surface area contributed by atoms with Crippen LogP contribution in [0, 0.1) is 5.82 Å². The Labute approximate surface area is 148 Å². The van der Waals surface area contributed by atoms with E-state index >= 15 is 0 Å². The fourth-order valence-electron chi connectivity index (χ4n) is 1.80. The molecule has 0 aromatic heterocycles. The topological polar surface area (TPSA) is 75.3 Å². The van der Waals surface area contributed by atoms with Crippen LogP contribution in [-0.2, 0) is 14.8 Å². The lowest BCUT2D eigenvalue weighted by atomic mass is 10.3. The van der Waals surface area contributed by atoms with Crippen molar-refractivity contribution in [3.63, 3.8) is 0 Å². The summed E-state index contributed by atoms with van der Waals surface area (Å²) in [7, 11) is -3.74. The van der Waals surface area contributed by atoms with Crippen LogP contribution in [0.25, 0.3) is 0 Å². The summed E-state index contributed by atoms with van der Waals surface area (Å²) in [5.41, 5.74) is -0.0232. The van der Waals surface area contributed by atoms with Crippen molar-refractivity contribution in [1.82, 2.24) is 4.72 Å². The van der Waals surface area contributed by atoms with Gasteiger partial charge in [0, 0.05) is 23.0 Å². The maximum Gasteiger partial charge on any atom is 0.240 e. The number of rotatable bonds is 6. The highest BCUT2D eigenvalue weighted by Gasteiger charge is 2.14. The van der Waals surface area contributed by atoms with E-state index in [1.807, 2.05) is 0 Å². The molecule has 2 rings (SSSR count). The second kappa shape index (κ2) is 7.94. The maximum atomic E-state index is 13.6. The smallest absolute Gasteiger partial charge is 0.240 e. The quantitative estimate of drug-likeness (QED) is 0.792. The second-order valence-electron chi connectivity index (χ2n) is 4.77. The molecule has 2 N–H and O–H groups in total. The summed E-state index contributed by atoms with van der Waals surface area (Å²) < 4.78 is 39.9. The molecule has 9 heteroatoms. The van der Waals surface area contributed by atoms with E-state index in [9.17, 15) is 17.6 Å². The van der Waals surface area contributed by atoms with Gasteiger partial charge in [-0.1, -0.05) is 23.2 Å². The van der Waals surface area contributed by atoms with Crippen molar-refractivity contribution < 1.29 is 17.6 Å². The van der Waals surface area contributed by atoms with Crippen LogP contribution in [0.5, 0.6) is 0 Å². The van der Waals surface area contributed by atoms with Gasteiger partial charge in [-0.05, 0) is 42.5 Å². The van der Waals surface area contributed by atoms with Gasteiger partial charge in [0.15, 0.2) is 0 Å². The van der Waals surface area contributed by atoms with Crippen molar-refractivity contribution in [2.45, 2.75) is 11.3 Å². The summed E-state index contributed by atoms with van der Waals surface area (Å²) in [4.78, 5) is 11.8. The van der Waals surface area contributed by atoms with Crippen LogP contribution in [0.3, 0.4) is 0 Å². The molecular formula is C15H13Cl2FN2O3S. The van der Waals surface area contributed by atoms with Gasteiger partial charge in [-0.25, -0.2) is 17.5 Å². The number of anilines is 1. The Bertz CT molecular complexity index is 842. The summed E-state index contributed by atoms with van der Waals surface area (Å²) >= 11 is 11.3. The van der Waals surface area contributed by atoms with E-state index in [1.54, 1.807) is 0 Å². The van der Waals surface area contributed by atoms with Gasteiger partial charge < -0.3 is 5.32 Å². The van der Waals surface area contributed by atoms with Crippen LogP contribution >= 0.6 is 23.2 Å². The van der Waals surface area contributed by atoms with Gasteiger partial charge in [0.2, 0.25) is 15.9 Å². The van der Waals surface area contributed by atoms with E-state index in [2.05, 4.69) is 10.0 Å². The summed E-state index contributed by atoms with van der Waals surface area (Å²) in [6, 6.07) is 9.44. The number of nitrogens with one attached hydrogen (secondary N) is 2. The Balaban J connectivity index is 1.89. The summed E-state index contributed by atoms with van der Waals surface area (Å²) in [5.74, 6) is -1.20. The molecule has 128 valence electrons. The van der Waals surface area contributed by atoms with Crippen molar-refractivity contribution in [2.75, 3.05) is 11.9 Å². The molecule has 2 aromatic carbocycles. The average Bonchev–Trinajstić information content (AvgIpc) is 2.50. The zero-order valence-electron chi connectivity index (χ0n) is 12.2. The van der Waals surface area contributed by atoms with Crippen LogP contribution in [0.4, 0.5) is 10.1 Å². The highest BCUT2D eigenvalue weighted by atomic mass is 35.5. The Morgan fingerprint density at radius 3 is 2.29 bits per heavy atom. The van der Waals surface area contributed by atoms with Gasteiger partial charge in [-0.2, -0.15) is 0 Å². The third-order valence-corrected chi connectivity index (χ3v) is 4.94. The largest absolute Gasteiger partial charge is 0.324 e. The molecule has 0 aliphatic carbocycles. The molecule has 5 nitrogen and oxygen atoms in total. The molecule has 0 aliphatic heterocycles. The lowest BCUT2D eigenvalue weighted by molar-refractivity contribution is -0.116. The minimum Gasteiger partial charge on any atom is -0.324 e. The first-order chi connectivity index (χ1) is 11.3. The fraction of sp³-hybridized carbons (Fsp3) is 0.133. The number of benzene rings is 2. The van der Waals surface area contributed by atoms with E-state index in [0.717, 1.165) is 6.07 Å². The van der Waals surface area contributed by atoms with Crippen molar-refractivity contribution in [1.29, 1.82) is 0 Å². The van der Waals surface area contributed by atoms with E-state index in [4.69, 9.17) is 23.2 Å². The normalized spacial score (nSPS) is 11.3. The van der Waals surface area contributed by atoms with Gasteiger partial charge in [0.05, 0.1) is 10.6 Å². The summed E-state index contributed by atoms with van der Waals surface area (Å²) in [6.07, 6.45) is -0.158. The average molecular weight is 391 g/mol. The molecular weight excluding hydrogens is 378 g/mol.